The summed E-state index contributed by atoms with van der Waals surface area (Å²) >= 11 is 0. The van der Waals surface area contributed by atoms with E-state index in [-0.39, 0.29) is 17.2 Å². The predicted octanol–water partition coefficient (Wildman–Crippen LogP) is 1.34. The number of nitro groups is 1. The maximum absolute atomic E-state index is 12.9. The van der Waals surface area contributed by atoms with Crippen molar-refractivity contribution in [3.63, 3.8) is 0 Å². The van der Waals surface area contributed by atoms with Crippen LogP contribution in [-0.4, -0.2) is 34.7 Å². The van der Waals surface area contributed by atoms with Crippen LogP contribution in [0.2, 0.25) is 0 Å². The third-order valence-corrected chi connectivity index (χ3v) is 3.60. The number of esters is 1. The lowest BCUT2D eigenvalue weighted by atomic mass is 10.2. The molecule has 0 saturated carbocycles. The van der Waals surface area contributed by atoms with Gasteiger partial charge in [0.25, 0.3) is 11.6 Å². The highest BCUT2D eigenvalue weighted by molar-refractivity contribution is 6.28. The number of carbonyl (C=O) groups is 2. The Kier molecular flexibility index (Phi) is 4.88. The van der Waals surface area contributed by atoms with E-state index in [4.69, 9.17) is 0 Å². The van der Waals surface area contributed by atoms with E-state index in [0.717, 1.165) is 6.08 Å². The van der Waals surface area contributed by atoms with Crippen molar-refractivity contribution < 1.29 is 19.2 Å². The van der Waals surface area contributed by atoms with Gasteiger partial charge < -0.3 is 4.74 Å². The standard InChI is InChI=1S/C17H13N5O5/c1-27-15(23)10-14-17(24)21(11-5-7-12(8-6-11)22(25)26)16(20-19-14)13-4-2-3-9-18-13/h2-10,19H,1H3/b14-10+. The van der Waals surface area contributed by atoms with Crippen molar-refractivity contribution in [2.75, 3.05) is 12.0 Å². The summed E-state index contributed by atoms with van der Waals surface area (Å²) in [6, 6.07) is 10.4. The van der Waals surface area contributed by atoms with E-state index >= 15 is 0 Å². The second kappa shape index (κ2) is 7.44. The van der Waals surface area contributed by atoms with E-state index in [0.29, 0.717) is 11.4 Å². The molecule has 136 valence electrons. The SMILES string of the molecule is COC(=O)/C=C1/NN=C(c2ccccn2)N(c2ccc([N+](=O)[O-])cc2)C1=O. The van der Waals surface area contributed by atoms with Crippen LogP contribution >= 0.6 is 0 Å². The van der Waals surface area contributed by atoms with Crippen LogP contribution in [0, 0.1) is 10.1 Å². The van der Waals surface area contributed by atoms with Gasteiger partial charge in [-0.3, -0.25) is 30.2 Å². The summed E-state index contributed by atoms with van der Waals surface area (Å²) in [4.78, 5) is 40.1. The number of ether oxygens (including phenoxy) is 1. The Balaban J connectivity index is 2.08. The molecule has 10 heteroatoms. The smallest absolute Gasteiger partial charge is 0.332 e. The fraction of sp³-hybridized carbons (Fsp3) is 0.0588. The molecule has 0 spiro atoms. The molecule has 0 fully saturated rings. The number of anilines is 1. The first-order chi connectivity index (χ1) is 13.0. The molecule has 2 aromatic rings. The number of hydrogen-bond donors (Lipinski definition) is 1. The molecule has 0 bridgehead atoms. The Bertz CT molecular complexity index is 953. The van der Waals surface area contributed by atoms with Crippen LogP contribution in [0.15, 0.2) is 65.5 Å². The molecule has 0 saturated heterocycles. The number of carbonyl (C=O) groups excluding carboxylic acids is 2. The number of aromatic nitrogens is 1. The first-order valence-corrected chi connectivity index (χ1v) is 7.65. The van der Waals surface area contributed by atoms with Gasteiger partial charge in [-0.2, -0.15) is 5.10 Å². The Hall–Kier alpha value is -4.08. The van der Waals surface area contributed by atoms with Gasteiger partial charge in [0.2, 0.25) is 0 Å². The van der Waals surface area contributed by atoms with E-state index in [1.807, 2.05) is 0 Å². The van der Waals surface area contributed by atoms with Gasteiger partial charge in [-0.1, -0.05) is 6.07 Å². The van der Waals surface area contributed by atoms with E-state index in [9.17, 15) is 19.7 Å². The molecule has 1 amide bonds. The lowest BCUT2D eigenvalue weighted by molar-refractivity contribution is -0.384. The second-order valence-electron chi connectivity index (χ2n) is 5.26. The van der Waals surface area contributed by atoms with Gasteiger partial charge in [-0.25, -0.2) is 4.79 Å². The molecule has 0 atom stereocenters. The second-order valence-corrected chi connectivity index (χ2v) is 5.26. The predicted molar refractivity (Wildman–Crippen MR) is 94.6 cm³/mol. The molecule has 1 N–H and O–H groups in total. The topological polar surface area (TPSA) is 127 Å². The van der Waals surface area contributed by atoms with Crippen LogP contribution in [-0.2, 0) is 14.3 Å². The van der Waals surface area contributed by atoms with Gasteiger partial charge in [0.15, 0.2) is 5.84 Å². The van der Waals surface area contributed by atoms with Crippen LogP contribution in [0.5, 0.6) is 0 Å². The fourth-order valence-corrected chi connectivity index (χ4v) is 2.33. The van der Waals surface area contributed by atoms with E-state index < -0.39 is 16.8 Å². The van der Waals surface area contributed by atoms with Gasteiger partial charge in [0.05, 0.1) is 23.8 Å². The first kappa shape index (κ1) is 17.7. The first-order valence-electron chi connectivity index (χ1n) is 7.65. The summed E-state index contributed by atoms with van der Waals surface area (Å²) in [5, 5.41) is 15.0. The molecular formula is C17H13N5O5. The largest absolute Gasteiger partial charge is 0.466 e. The Morgan fingerprint density at radius 3 is 2.59 bits per heavy atom. The van der Waals surface area contributed by atoms with Crippen LogP contribution in [0.4, 0.5) is 11.4 Å². The van der Waals surface area contributed by atoms with Crippen LogP contribution in [0.1, 0.15) is 5.69 Å². The quantitative estimate of drug-likeness (QED) is 0.374. The number of non-ortho nitro benzene ring substituents is 1. The molecule has 10 nitrogen and oxygen atoms in total. The normalized spacial score (nSPS) is 15.1. The Labute approximate surface area is 152 Å². The number of benzene rings is 1. The van der Waals surface area contributed by atoms with Crippen molar-refractivity contribution in [2.24, 2.45) is 5.10 Å². The Morgan fingerprint density at radius 1 is 1.26 bits per heavy atom. The van der Waals surface area contributed by atoms with Crippen molar-refractivity contribution >= 4 is 29.1 Å². The van der Waals surface area contributed by atoms with Crippen molar-refractivity contribution in [3.05, 3.63) is 76.2 Å². The number of amides is 1. The summed E-state index contributed by atoms with van der Waals surface area (Å²) in [5.41, 5.74) is 3.01. The minimum absolute atomic E-state index is 0.111. The van der Waals surface area contributed by atoms with Crippen molar-refractivity contribution in [1.82, 2.24) is 10.4 Å². The highest BCUT2D eigenvalue weighted by Crippen LogP contribution is 2.24. The number of rotatable bonds is 4. The molecule has 0 unspecified atom stereocenters. The molecule has 3 rings (SSSR count). The molecule has 2 heterocycles. The number of nitrogens with zero attached hydrogens (tertiary/aromatic N) is 4. The summed E-state index contributed by atoms with van der Waals surface area (Å²) < 4.78 is 4.53. The summed E-state index contributed by atoms with van der Waals surface area (Å²) in [6.07, 6.45) is 2.51. The van der Waals surface area contributed by atoms with Gasteiger partial charge in [-0.15, -0.1) is 0 Å². The molecule has 27 heavy (non-hydrogen) atoms. The Morgan fingerprint density at radius 2 is 2.00 bits per heavy atom. The molecule has 0 radical (unpaired) electrons. The monoisotopic (exact) mass is 367 g/mol. The number of methoxy groups -OCH3 is 1. The average molecular weight is 367 g/mol. The van der Waals surface area contributed by atoms with E-state index in [1.54, 1.807) is 18.2 Å². The highest BCUT2D eigenvalue weighted by atomic mass is 16.6. The zero-order chi connectivity index (χ0) is 19.4. The number of nitrogens with one attached hydrogen (secondary N) is 1. The van der Waals surface area contributed by atoms with Gasteiger partial charge >= 0.3 is 5.97 Å². The maximum atomic E-state index is 12.9. The summed E-state index contributed by atoms with van der Waals surface area (Å²) in [5.74, 6) is -1.15. The number of hydrogen-bond acceptors (Lipinski definition) is 8. The van der Waals surface area contributed by atoms with E-state index in [1.165, 1.54) is 42.5 Å². The van der Waals surface area contributed by atoms with Crippen LogP contribution in [0.25, 0.3) is 0 Å². The van der Waals surface area contributed by atoms with Crippen molar-refractivity contribution in [3.8, 4) is 0 Å². The van der Waals surface area contributed by atoms with Crippen molar-refractivity contribution in [2.45, 2.75) is 0 Å². The number of hydrazone groups is 1. The van der Waals surface area contributed by atoms with Crippen molar-refractivity contribution in [1.29, 1.82) is 0 Å². The minimum Gasteiger partial charge on any atom is -0.466 e. The molecule has 1 aliphatic rings. The summed E-state index contributed by atoms with van der Waals surface area (Å²) in [6.45, 7) is 0. The molecule has 0 aliphatic carbocycles. The maximum Gasteiger partial charge on any atom is 0.332 e. The van der Waals surface area contributed by atoms with Gasteiger partial charge in [0, 0.05) is 18.3 Å². The number of amidine groups is 1. The van der Waals surface area contributed by atoms with E-state index in [2.05, 4.69) is 20.2 Å². The fourth-order valence-electron chi connectivity index (χ4n) is 2.33. The molecule has 1 aliphatic heterocycles. The average Bonchev–Trinajstić information content (AvgIpc) is 2.70. The zero-order valence-corrected chi connectivity index (χ0v) is 14.0. The van der Waals surface area contributed by atoms with Crippen LogP contribution in [0.3, 0.4) is 0 Å². The third kappa shape index (κ3) is 3.63. The lowest BCUT2D eigenvalue weighted by Gasteiger charge is -2.28. The molecule has 1 aromatic carbocycles. The highest BCUT2D eigenvalue weighted by Gasteiger charge is 2.31. The zero-order valence-electron chi connectivity index (χ0n) is 14.0. The number of pyridine rings is 1. The van der Waals surface area contributed by atoms with Gasteiger partial charge in [0.1, 0.15) is 11.4 Å². The third-order valence-electron chi connectivity index (χ3n) is 3.60. The lowest BCUT2D eigenvalue weighted by Crippen LogP contribution is -2.46. The summed E-state index contributed by atoms with van der Waals surface area (Å²) in [7, 11) is 1.18. The molecule has 1 aromatic heterocycles. The molecular weight excluding hydrogens is 354 g/mol. The van der Waals surface area contributed by atoms with Gasteiger partial charge in [-0.05, 0) is 24.3 Å². The minimum atomic E-state index is -0.731. The van der Waals surface area contributed by atoms with Crippen LogP contribution < -0.4 is 10.3 Å². The number of nitro benzene ring substituents is 1.